The highest BCUT2D eigenvalue weighted by Gasteiger charge is 2.30. The molecule has 0 radical (unpaired) electrons. The number of likely N-dealkylation sites (tertiary alicyclic amines) is 1. The van der Waals surface area contributed by atoms with Gasteiger partial charge in [-0.05, 0) is 57.9 Å². The summed E-state index contributed by atoms with van der Waals surface area (Å²) in [5, 5.41) is 2.84. The molecule has 3 rings (SSSR count). The Kier molecular flexibility index (Phi) is 5.61. The third-order valence-electron chi connectivity index (χ3n) is 4.86. The number of amides is 1. The van der Waals surface area contributed by atoms with Crippen molar-refractivity contribution in [3.63, 3.8) is 0 Å². The van der Waals surface area contributed by atoms with Gasteiger partial charge in [0.1, 0.15) is 11.6 Å². The summed E-state index contributed by atoms with van der Waals surface area (Å²) in [5.74, 6) is 0.288. The molecular formula is C20H25FN4O. The maximum Gasteiger partial charge on any atom is 0.254 e. The van der Waals surface area contributed by atoms with Crippen LogP contribution in [0.25, 0.3) is 0 Å². The quantitative estimate of drug-likeness (QED) is 0.892. The van der Waals surface area contributed by atoms with Crippen LogP contribution in [-0.2, 0) is 6.54 Å². The second-order valence-corrected chi connectivity index (χ2v) is 7.03. The number of benzene rings is 1. The predicted molar refractivity (Wildman–Crippen MR) is 98.2 cm³/mol. The van der Waals surface area contributed by atoms with E-state index in [-0.39, 0.29) is 17.8 Å². The lowest BCUT2D eigenvalue weighted by molar-refractivity contribution is 0.0949. The van der Waals surface area contributed by atoms with Crippen molar-refractivity contribution in [2.45, 2.75) is 52.2 Å². The minimum atomic E-state index is -0.290. The molecule has 2 heterocycles. The number of nitrogens with zero attached hydrogens (tertiary/aromatic N) is 3. The zero-order valence-corrected chi connectivity index (χ0v) is 15.5. The molecule has 26 heavy (non-hydrogen) atoms. The zero-order chi connectivity index (χ0) is 18.7. The van der Waals surface area contributed by atoms with Gasteiger partial charge in [0.05, 0.1) is 17.3 Å². The first-order chi connectivity index (χ1) is 12.5. The van der Waals surface area contributed by atoms with Gasteiger partial charge in [-0.15, -0.1) is 0 Å². The van der Waals surface area contributed by atoms with Crippen LogP contribution in [0.1, 0.15) is 60.2 Å². The predicted octanol–water partition coefficient (Wildman–Crippen LogP) is 3.40. The Bertz CT molecular complexity index is 776. The van der Waals surface area contributed by atoms with E-state index < -0.39 is 0 Å². The summed E-state index contributed by atoms with van der Waals surface area (Å²) in [6.45, 7) is 7.60. The van der Waals surface area contributed by atoms with Crippen LogP contribution < -0.4 is 5.32 Å². The molecule has 1 aromatic heterocycles. The Morgan fingerprint density at radius 1 is 1.35 bits per heavy atom. The van der Waals surface area contributed by atoms with Crippen molar-refractivity contribution < 1.29 is 9.18 Å². The fraction of sp³-hybridized carbons (Fsp3) is 0.450. The van der Waals surface area contributed by atoms with E-state index in [4.69, 9.17) is 0 Å². The van der Waals surface area contributed by atoms with Crippen LogP contribution in [-0.4, -0.2) is 33.4 Å². The van der Waals surface area contributed by atoms with Crippen molar-refractivity contribution >= 4 is 5.91 Å². The molecular weight excluding hydrogens is 331 g/mol. The van der Waals surface area contributed by atoms with Gasteiger partial charge in [-0.25, -0.2) is 14.4 Å². The number of rotatable bonds is 5. The smallest absolute Gasteiger partial charge is 0.254 e. The van der Waals surface area contributed by atoms with Crippen molar-refractivity contribution in [1.29, 1.82) is 0 Å². The molecule has 0 unspecified atom stereocenters. The largest absolute Gasteiger partial charge is 0.348 e. The average molecular weight is 356 g/mol. The molecule has 0 aliphatic carbocycles. The lowest BCUT2D eigenvalue weighted by Crippen LogP contribution is -2.31. The normalized spacial score (nSPS) is 17.7. The van der Waals surface area contributed by atoms with Gasteiger partial charge in [0.15, 0.2) is 0 Å². The van der Waals surface area contributed by atoms with Gasteiger partial charge in [-0.1, -0.05) is 12.1 Å². The summed E-state index contributed by atoms with van der Waals surface area (Å²) >= 11 is 0. The summed E-state index contributed by atoms with van der Waals surface area (Å²) in [6.07, 6.45) is 3.81. The molecule has 0 bridgehead atoms. The first kappa shape index (κ1) is 18.5. The molecule has 6 heteroatoms. The number of carbonyl (C=O) groups excluding carboxylic acids is 1. The van der Waals surface area contributed by atoms with E-state index in [0.29, 0.717) is 23.8 Å². The van der Waals surface area contributed by atoms with E-state index in [1.165, 1.54) is 12.1 Å². The average Bonchev–Trinajstić information content (AvgIpc) is 3.11. The number of aryl methyl sites for hydroxylation is 1. The van der Waals surface area contributed by atoms with E-state index in [2.05, 4.69) is 34.0 Å². The molecule has 138 valence electrons. The Morgan fingerprint density at radius 3 is 2.73 bits per heavy atom. The van der Waals surface area contributed by atoms with Crippen LogP contribution in [0, 0.1) is 12.7 Å². The van der Waals surface area contributed by atoms with Crippen molar-refractivity contribution in [2.24, 2.45) is 0 Å². The Hall–Kier alpha value is -2.34. The maximum atomic E-state index is 12.9. The number of hydrogen-bond donors (Lipinski definition) is 1. The Morgan fingerprint density at radius 2 is 2.08 bits per heavy atom. The van der Waals surface area contributed by atoms with Gasteiger partial charge in [0.2, 0.25) is 0 Å². The summed E-state index contributed by atoms with van der Waals surface area (Å²) in [7, 11) is 0. The van der Waals surface area contributed by atoms with Crippen molar-refractivity contribution in [2.75, 3.05) is 6.54 Å². The minimum absolute atomic E-state index is 0.217. The Balaban J connectivity index is 1.68. The van der Waals surface area contributed by atoms with Crippen LogP contribution >= 0.6 is 0 Å². The van der Waals surface area contributed by atoms with Crippen molar-refractivity contribution in [3.8, 4) is 0 Å². The minimum Gasteiger partial charge on any atom is -0.348 e. The van der Waals surface area contributed by atoms with Crippen molar-refractivity contribution in [1.82, 2.24) is 20.2 Å². The molecule has 1 aliphatic rings. The third-order valence-corrected chi connectivity index (χ3v) is 4.86. The molecule has 1 N–H and O–H groups in total. The molecule has 1 aromatic carbocycles. The molecule has 1 aliphatic heterocycles. The van der Waals surface area contributed by atoms with Gasteiger partial charge in [0, 0.05) is 18.8 Å². The van der Waals surface area contributed by atoms with E-state index in [1.54, 1.807) is 18.3 Å². The number of hydrogen-bond acceptors (Lipinski definition) is 4. The molecule has 5 nitrogen and oxygen atoms in total. The molecule has 0 saturated carbocycles. The van der Waals surface area contributed by atoms with Crippen LogP contribution in [0.3, 0.4) is 0 Å². The van der Waals surface area contributed by atoms with Gasteiger partial charge in [0.25, 0.3) is 5.91 Å². The monoisotopic (exact) mass is 356 g/mol. The van der Waals surface area contributed by atoms with Gasteiger partial charge >= 0.3 is 0 Å². The summed E-state index contributed by atoms with van der Waals surface area (Å²) < 4.78 is 12.9. The molecule has 1 saturated heterocycles. The van der Waals surface area contributed by atoms with Crippen molar-refractivity contribution in [3.05, 3.63) is 58.9 Å². The van der Waals surface area contributed by atoms with E-state index >= 15 is 0 Å². The lowest BCUT2D eigenvalue weighted by Gasteiger charge is -2.27. The summed E-state index contributed by atoms with van der Waals surface area (Å²) in [6, 6.07) is 6.75. The second-order valence-electron chi connectivity index (χ2n) is 7.03. The number of halogens is 1. The van der Waals surface area contributed by atoms with Gasteiger partial charge < -0.3 is 5.32 Å². The highest BCUT2D eigenvalue weighted by Crippen LogP contribution is 2.31. The third kappa shape index (κ3) is 4.07. The molecule has 1 amide bonds. The van der Waals surface area contributed by atoms with Gasteiger partial charge in [-0.3, -0.25) is 9.69 Å². The molecule has 1 fully saturated rings. The van der Waals surface area contributed by atoms with Crippen LogP contribution in [0.2, 0.25) is 0 Å². The first-order valence-electron chi connectivity index (χ1n) is 9.07. The SMILES string of the molecule is Cc1nc([C@@H]2CCCN2C(C)C)ncc1C(=O)NCc1ccc(F)cc1. The fourth-order valence-electron chi connectivity index (χ4n) is 3.43. The standard InChI is InChI=1S/C20H25FN4O/c1-13(2)25-10-4-5-18(25)19-22-12-17(14(3)24-19)20(26)23-11-15-6-8-16(21)9-7-15/h6-9,12-13,18H,4-5,10-11H2,1-3H3,(H,23,26)/t18-/m0/s1. The second kappa shape index (κ2) is 7.91. The zero-order valence-electron chi connectivity index (χ0n) is 15.5. The molecule has 1 atom stereocenters. The fourth-order valence-corrected chi connectivity index (χ4v) is 3.43. The Labute approximate surface area is 153 Å². The molecule has 0 spiro atoms. The maximum absolute atomic E-state index is 12.9. The number of aromatic nitrogens is 2. The van der Waals surface area contributed by atoms with E-state index in [0.717, 1.165) is 30.8 Å². The summed E-state index contributed by atoms with van der Waals surface area (Å²) in [5.41, 5.74) is 2.00. The van der Waals surface area contributed by atoms with Gasteiger partial charge in [-0.2, -0.15) is 0 Å². The van der Waals surface area contributed by atoms with Crippen LogP contribution in [0.15, 0.2) is 30.5 Å². The summed E-state index contributed by atoms with van der Waals surface area (Å²) in [4.78, 5) is 23.9. The van der Waals surface area contributed by atoms with E-state index in [1.807, 2.05) is 6.92 Å². The molecule has 2 aromatic rings. The van der Waals surface area contributed by atoms with Crippen LogP contribution in [0.5, 0.6) is 0 Å². The highest BCUT2D eigenvalue weighted by molar-refractivity contribution is 5.94. The van der Waals surface area contributed by atoms with E-state index in [9.17, 15) is 9.18 Å². The first-order valence-corrected chi connectivity index (χ1v) is 9.07. The highest BCUT2D eigenvalue weighted by atomic mass is 19.1. The number of carbonyl (C=O) groups is 1. The topological polar surface area (TPSA) is 58.1 Å². The van der Waals surface area contributed by atoms with Crippen LogP contribution in [0.4, 0.5) is 4.39 Å². The number of nitrogens with one attached hydrogen (secondary N) is 1. The lowest BCUT2D eigenvalue weighted by atomic mass is 10.1.